The smallest absolute Gasteiger partial charge is 0.0658 e. The molecule has 22 heavy (non-hydrogen) atoms. The molecule has 1 aliphatic rings. The van der Waals surface area contributed by atoms with Crippen molar-refractivity contribution in [2.24, 2.45) is 10.7 Å². The van der Waals surface area contributed by atoms with Crippen LogP contribution in [0.4, 0.5) is 0 Å². The lowest BCUT2D eigenvalue weighted by atomic mass is 10.1. The summed E-state index contributed by atoms with van der Waals surface area (Å²) in [5.74, 6) is 0. The Morgan fingerprint density at radius 3 is 2.59 bits per heavy atom. The molecule has 0 unspecified atom stereocenters. The number of hydrogen-bond acceptors (Lipinski definition) is 3. The molecular formula is C19H21N3. The molecule has 1 heterocycles. The second-order valence-corrected chi connectivity index (χ2v) is 4.96. The summed E-state index contributed by atoms with van der Waals surface area (Å²) in [6, 6.07) is 10.3. The lowest BCUT2D eigenvalue weighted by molar-refractivity contribution is 0.649. The van der Waals surface area contributed by atoms with E-state index in [4.69, 9.17) is 5.73 Å². The predicted octanol–water partition coefficient (Wildman–Crippen LogP) is 3.86. The number of hydrogen-bond donors (Lipinski definition) is 1. The molecule has 0 bridgehead atoms. The Morgan fingerprint density at radius 1 is 1.27 bits per heavy atom. The number of nitrogens with zero attached hydrogens (tertiary/aromatic N) is 2. The van der Waals surface area contributed by atoms with E-state index in [-0.39, 0.29) is 0 Å². The van der Waals surface area contributed by atoms with Crippen LogP contribution in [0, 0.1) is 0 Å². The van der Waals surface area contributed by atoms with Crippen molar-refractivity contribution < 1.29 is 0 Å². The second-order valence-electron chi connectivity index (χ2n) is 4.96. The third kappa shape index (κ3) is 3.64. The van der Waals surface area contributed by atoms with Crippen molar-refractivity contribution in [1.82, 2.24) is 4.90 Å². The van der Waals surface area contributed by atoms with Crippen LogP contribution in [0.15, 0.2) is 90.0 Å². The topological polar surface area (TPSA) is 41.6 Å². The van der Waals surface area contributed by atoms with Crippen LogP contribution in [0.5, 0.6) is 0 Å². The highest BCUT2D eigenvalue weighted by Crippen LogP contribution is 2.21. The summed E-state index contributed by atoms with van der Waals surface area (Å²) in [4.78, 5) is 6.23. The van der Waals surface area contributed by atoms with Crippen molar-refractivity contribution in [2.45, 2.75) is 6.92 Å². The minimum Gasteiger partial charge on any atom is -0.405 e. The number of nitrogens with two attached hydrogens (primary N) is 1. The van der Waals surface area contributed by atoms with Gasteiger partial charge in [-0.1, -0.05) is 36.9 Å². The minimum atomic E-state index is 0.836. The van der Waals surface area contributed by atoms with E-state index in [0.717, 1.165) is 17.0 Å². The van der Waals surface area contributed by atoms with E-state index in [1.165, 1.54) is 17.3 Å². The van der Waals surface area contributed by atoms with Gasteiger partial charge < -0.3 is 10.6 Å². The summed E-state index contributed by atoms with van der Waals surface area (Å²) in [6.45, 7) is 6.20. The van der Waals surface area contributed by atoms with E-state index in [1.54, 1.807) is 13.1 Å². The van der Waals surface area contributed by atoms with Gasteiger partial charge in [-0.15, -0.1) is 0 Å². The van der Waals surface area contributed by atoms with Crippen LogP contribution < -0.4 is 5.73 Å². The van der Waals surface area contributed by atoms with Gasteiger partial charge in [-0.25, -0.2) is 0 Å². The largest absolute Gasteiger partial charge is 0.405 e. The summed E-state index contributed by atoms with van der Waals surface area (Å²) < 4.78 is 0. The Balaban J connectivity index is 2.20. The summed E-state index contributed by atoms with van der Waals surface area (Å²) in [6.07, 6.45) is 11.3. The lowest BCUT2D eigenvalue weighted by Gasteiger charge is -2.22. The molecule has 0 aromatic heterocycles. The van der Waals surface area contributed by atoms with Crippen LogP contribution in [0.3, 0.4) is 0 Å². The highest BCUT2D eigenvalue weighted by molar-refractivity contribution is 6.10. The molecule has 1 aromatic carbocycles. The first-order chi connectivity index (χ1) is 10.7. The molecular weight excluding hydrogens is 270 g/mol. The monoisotopic (exact) mass is 291 g/mol. The maximum Gasteiger partial charge on any atom is 0.0658 e. The molecule has 3 nitrogen and oxygen atoms in total. The maximum absolute atomic E-state index is 5.45. The Hall–Kier alpha value is -2.81. The molecule has 3 heteroatoms. The molecule has 0 atom stereocenters. The molecule has 2 rings (SSSR count). The zero-order valence-electron chi connectivity index (χ0n) is 13.0. The summed E-state index contributed by atoms with van der Waals surface area (Å²) in [5.41, 5.74) is 10.5. The van der Waals surface area contributed by atoms with Crippen molar-refractivity contribution >= 4 is 11.3 Å². The molecule has 0 amide bonds. The summed E-state index contributed by atoms with van der Waals surface area (Å²) in [7, 11) is 1.75. The first-order valence-electron chi connectivity index (χ1n) is 7.12. The van der Waals surface area contributed by atoms with Gasteiger partial charge in [0, 0.05) is 30.7 Å². The molecule has 0 spiro atoms. The van der Waals surface area contributed by atoms with Gasteiger partial charge >= 0.3 is 0 Å². The third-order valence-electron chi connectivity index (χ3n) is 3.42. The summed E-state index contributed by atoms with van der Waals surface area (Å²) >= 11 is 0. The van der Waals surface area contributed by atoms with E-state index >= 15 is 0 Å². The average molecular weight is 291 g/mol. The highest BCUT2D eigenvalue weighted by atomic mass is 15.1. The van der Waals surface area contributed by atoms with Crippen LogP contribution in [-0.4, -0.2) is 17.7 Å². The van der Waals surface area contributed by atoms with Gasteiger partial charge in [0.15, 0.2) is 0 Å². The second kappa shape index (κ2) is 7.27. The number of aliphatic imine (C=N–C) groups is 1. The molecule has 2 N–H and O–H groups in total. The maximum atomic E-state index is 5.45. The van der Waals surface area contributed by atoms with Crippen molar-refractivity contribution in [3.05, 3.63) is 90.6 Å². The Morgan fingerprint density at radius 2 is 2.00 bits per heavy atom. The first kappa shape index (κ1) is 15.6. The minimum absolute atomic E-state index is 0.836. The van der Waals surface area contributed by atoms with Crippen LogP contribution >= 0.6 is 0 Å². The van der Waals surface area contributed by atoms with Gasteiger partial charge in [-0.05, 0) is 42.5 Å². The fraction of sp³-hybridized carbons (Fsp3) is 0.105. The van der Waals surface area contributed by atoms with Gasteiger partial charge in [-0.2, -0.15) is 0 Å². The first-order valence-corrected chi connectivity index (χ1v) is 7.12. The third-order valence-corrected chi connectivity index (χ3v) is 3.42. The van der Waals surface area contributed by atoms with E-state index < -0.39 is 0 Å². The van der Waals surface area contributed by atoms with Crippen molar-refractivity contribution in [3.63, 3.8) is 0 Å². The normalized spacial score (nSPS) is 16.4. The SMILES string of the molecule is C=C1C=C(C(C=CN)=NC)C=CN1/C=C(\C)c1ccccc1. The molecule has 0 radical (unpaired) electrons. The van der Waals surface area contributed by atoms with E-state index in [2.05, 4.69) is 36.8 Å². The van der Waals surface area contributed by atoms with Gasteiger partial charge in [0.25, 0.3) is 0 Å². The van der Waals surface area contributed by atoms with Crippen molar-refractivity contribution in [3.8, 4) is 0 Å². The standard InChI is InChI=1S/C19H21N3/c1-15(17-7-5-4-6-8-17)14-22-12-10-18(13-16(22)2)19(21-3)9-11-20/h4-14H,2,20H2,1,3H3/b11-9?,15-14+,21-19?. The fourth-order valence-electron chi connectivity index (χ4n) is 2.22. The average Bonchev–Trinajstić information content (AvgIpc) is 2.55. The quantitative estimate of drug-likeness (QED) is 0.856. The van der Waals surface area contributed by atoms with Crippen LogP contribution in [0.2, 0.25) is 0 Å². The Labute approximate surface area is 132 Å². The van der Waals surface area contributed by atoms with Crippen LogP contribution in [0.25, 0.3) is 5.57 Å². The van der Waals surface area contributed by atoms with E-state index in [0.29, 0.717) is 0 Å². The lowest BCUT2D eigenvalue weighted by Crippen LogP contribution is -2.13. The van der Waals surface area contributed by atoms with Crippen molar-refractivity contribution in [1.29, 1.82) is 0 Å². The number of allylic oxidation sites excluding steroid dienone is 5. The molecule has 1 aliphatic heterocycles. The molecule has 0 aliphatic carbocycles. The van der Waals surface area contributed by atoms with Gasteiger partial charge in [0.2, 0.25) is 0 Å². The van der Waals surface area contributed by atoms with Crippen LogP contribution in [0.1, 0.15) is 12.5 Å². The summed E-state index contributed by atoms with van der Waals surface area (Å²) in [5, 5.41) is 0. The predicted molar refractivity (Wildman–Crippen MR) is 95.0 cm³/mol. The van der Waals surface area contributed by atoms with Gasteiger partial charge in [0.05, 0.1) is 5.71 Å². The molecule has 0 saturated heterocycles. The molecule has 0 fully saturated rings. The van der Waals surface area contributed by atoms with Crippen molar-refractivity contribution in [2.75, 3.05) is 7.05 Å². The zero-order chi connectivity index (χ0) is 15.9. The van der Waals surface area contributed by atoms with Gasteiger partial charge in [0.1, 0.15) is 0 Å². The molecule has 112 valence electrons. The van der Waals surface area contributed by atoms with E-state index in [1.807, 2.05) is 41.5 Å². The fourth-order valence-corrected chi connectivity index (χ4v) is 2.22. The highest BCUT2D eigenvalue weighted by Gasteiger charge is 2.10. The Kier molecular flexibility index (Phi) is 5.15. The molecule has 1 aromatic rings. The number of rotatable bonds is 4. The van der Waals surface area contributed by atoms with Crippen LogP contribution in [-0.2, 0) is 0 Å². The Bertz CT molecular complexity index is 689. The van der Waals surface area contributed by atoms with E-state index in [9.17, 15) is 0 Å². The zero-order valence-corrected chi connectivity index (χ0v) is 13.0. The molecule has 0 saturated carbocycles. The number of benzene rings is 1. The van der Waals surface area contributed by atoms with Gasteiger partial charge in [-0.3, -0.25) is 4.99 Å².